The summed E-state index contributed by atoms with van der Waals surface area (Å²) in [5.74, 6) is 0.378. The Bertz CT molecular complexity index is 1070. The van der Waals surface area contributed by atoms with Crippen molar-refractivity contribution in [3.8, 4) is 11.4 Å². The molecular formula is C23H26ClN5O2S. The summed E-state index contributed by atoms with van der Waals surface area (Å²) in [5.41, 5.74) is 1.07. The average Bonchev–Trinajstić information content (AvgIpc) is 3.23. The summed E-state index contributed by atoms with van der Waals surface area (Å²) in [4.78, 5) is 29.6. The predicted octanol–water partition coefficient (Wildman–Crippen LogP) is 5.55. The zero-order chi connectivity index (χ0) is 22.5. The summed E-state index contributed by atoms with van der Waals surface area (Å²) in [7, 11) is 0. The number of aromatic nitrogens is 3. The van der Waals surface area contributed by atoms with E-state index in [2.05, 4.69) is 32.1 Å². The highest BCUT2D eigenvalue weighted by molar-refractivity contribution is 7.15. The number of halogens is 1. The smallest absolute Gasteiger partial charge is 0.343 e. The van der Waals surface area contributed by atoms with Gasteiger partial charge in [0, 0.05) is 40.4 Å². The van der Waals surface area contributed by atoms with Crippen LogP contribution in [0.3, 0.4) is 0 Å². The molecule has 0 radical (unpaired) electrons. The molecule has 32 heavy (non-hydrogen) atoms. The summed E-state index contributed by atoms with van der Waals surface area (Å²) in [6.45, 7) is 6.32. The van der Waals surface area contributed by atoms with E-state index in [1.165, 1.54) is 30.3 Å². The molecule has 3 heterocycles. The molecule has 0 bridgehead atoms. The van der Waals surface area contributed by atoms with Gasteiger partial charge in [0.25, 0.3) is 0 Å². The minimum atomic E-state index is -0.475. The molecule has 7 nitrogen and oxygen atoms in total. The van der Waals surface area contributed by atoms with Gasteiger partial charge in [-0.3, -0.25) is 4.90 Å². The van der Waals surface area contributed by atoms with Gasteiger partial charge in [0.15, 0.2) is 16.8 Å². The Morgan fingerprint density at radius 1 is 1.25 bits per heavy atom. The number of anilines is 2. The van der Waals surface area contributed by atoms with E-state index in [1.54, 1.807) is 30.4 Å². The van der Waals surface area contributed by atoms with Crippen LogP contribution in [-0.4, -0.2) is 45.0 Å². The first-order valence-corrected chi connectivity index (χ1v) is 12.0. The van der Waals surface area contributed by atoms with Gasteiger partial charge in [0.1, 0.15) is 5.56 Å². The number of carbonyl (C=O) groups excluding carboxylic acids is 1. The van der Waals surface area contributed by atoms with Crippen molar-refractivity contribution in [1.29, 1.82) is 0 Å². The van der Waals surface area contributed by atoms with E-state index in [0.717, 1.165) is 18.7 Å². The molecule has 0 amide bonds. The van der Waals surface area contributed by atoms with Crippen LogP contribution >= 0.6 is 22.9 Å². The van der Waals surface area contributed by atoms with Gasteiger partial charge in [-0.2, -0.15) is 0 Å². The van der Waals surface area contributed by atoms with E-state index in [9.17, 15) is 4.79 Å². The van der Waals surface area contributed by atoms with Gasteiger partial charge in [-0.25, -0.2) is 19.7 Å². The van der Waals surface area contributed by atoms with Crippen LogP contribution in [0.5, 0.6) is 0 Å². The summed E-state index contributed by atoms with van der Waals surface area (Å²) in [5, 5.41) is 4.52. The summed E-state index contributed by atoms with van der Waals surface area (Å²) in [6, 6.07) is 7.82. The first-order chi connectivity index (χ1) is 15.5. The molecule has 0 aliphatic carbocycles. The van der Waals surface area contributed by atoms with Crippen molar-refractivity contribution in [2.45, 2.75) is 45.7 Å². The monoisotopic (exact) mass is 471 g/mol. The Labute approximate surface area is 196 Å². The minimum Gasteiger partial charge on any atom is -0.462 e. The molecule has 1 aliphatic rings. The van der Waals surface area contributed by atoms with E-state index < -0.39 is 5.97 Å². The molecule has 1 saturated heterocycles. The first kappa shape index (κ1) is 22.6. The fraction of sp³-hybridized carbons (Fsp3) is 0.391. The Kier molecular flexibility index (Phi) is 7.34. The van der Waals surface area contributed by atoms with Crippen LogP contribution < -0.4 is 5.32 Å². The van der Waals surface area contributed by atoms with Crippen LogP contribution in [-0.2, 0) is 11.3 Å². The normalized spacial score (nSPS) is 16.7. The van der Waals surface area contributed by atoms with Gasteiger partial charge in [-0.05, 0) is 57.5 Å². The number of nitrogens with one attached hydrogen (secondary N) is 1. The molecule has 2 aromatic heterocycles. The van der Waals surface area contributed by atoms with Crippen LogP contribution in [0.4, 0.5) is 10.9 Å². The van der Waals surface area contributed by atoms with Crippen LogP contribution in [0.2, 0.25) is 5.02 Å². The second-order valence-electron chi connectivity index (χ2n) is 7.76. The number of hydrogen-bond acceptors (Lipinski definition) is 8. The molecule has 1 aromatic carbocycles. The fourth-order valence-corrected chi connectivity index (χ4v) is 4.67. The van der Waals surface area contributed by atoms with Crippen molar-refractivity contribution < 1.29 is 9.53 Å². The van der Waals surface area contributed by atoms with E-state index in [0.29, 0.717) is 27.8 Å². The Morgan fingerprint density at radius 2 is 2.06 bits per heavy atom. The number of carbonyl (C=O) groups is 1. The molecule has 4 rings (SSSR count). The third-order valence-electron chi connectivity index (χ3n) is 5.46. The van der Waals surface area contributed by atoms with Gasteiger partial charge in [0.2, 0.25) is 0 Å². The molecular weight excluding hydrogens is 446 g/mol. The summed E-state index contributed by atoms with van der Waals surface area (Å²) < 4.78 is 5.19. The molecule has 168 valence electrons. The molecule has 1 atom stereocenters. The Balaban J connectivity index is 1.58. The number of likely N-dealkylation sites (tertiary alicyclic amines) is 1. The number of rotatable bonds is 7. The highest BCUT2D eigenvalue weighted by atomic mass is 35.5. The SMILES string of the molecule is CCOC(=O)c1cnc(-c2ccc(Cl)cc2)nc1Nc1ncc(CN2CCCCC2C)s1. The third kappa shape index (κ3) is 5.43. The number of esters is 1. The molecule has 1 fully saturated rings. The molecule has 1 unspecified atom stereocenters. The summed E-state index contributed by atoms with van der Waals surface area (Å²) >= 11 is 7.56. The van der Waals surface area contributed by atoms with Gasteiger partial charge in [-0.15, -0.1) is 11.3 Å². The molecule has 0 spiro atoms. The van der Waals surface area contributed by atoms with E-state index in [-0.39, 0.29) is 12.2 Å². The third-order valence-corrected chi connectivity index (χ3v) is 6.61. The zero-order valence-electron chi connectivity index (χ0n) is 18.2. The predicted molar refractivity (Wildman–Crippen MR) is 128 cm³/mol. The lowest BCUT2D eigenvalue weighted by Gasteiger charge is -2.32. The van der Waals surface area contributed by atoms with Crippen molar-refractivity contribution >= 4 is 39.9 Å². The topological polar surface area (TPSA) is 80.2 Å². The van der Waals surface area contributed by atoms with Crippen molar-refractivity contribution in [3.63, 3.8) is 0 Å². The average molecular weight is 472 g/mol. The number of nitrogens with zero attached hydrogens (tertiary/aromatic N) is 4. The number of ether oxygens (including phenoxy) is 1. The molecule has 9 heteroatoms. The standard InChI is InChI=1S/C23H26ClN5O2S/c1-3-31-22(30)19-13-25-20(16-7-9-17(24)10-8-16)27-21(19)28-23-26-12-18(32-23)14-29-11-5-4-6-15(29)2/h7-10,12-13,15H,3-6,11,14H2,1-2H3,(H,25,26,27,28). The van der Waals surface area contributed by atoms with Crippen molar-refractivity contribution in [2.24, 2.45) is 0 Å². The zero-order valence-corrected chi connectivity index (χ0v) is 19.7. The number of benzene rings is 1. The van der Waals surface area contributed by atoms with E-state index >= 15 is 0 Å². The van der Waals surface area contributed by atoms with Gasteiger partial charge in [-0.1, -0.05) is 18.0 Å². The molecule has 3 aromatic rings. The Morgan fingerprint density at radius 3 is 2.81 bits per heavy atom. The highest BCUT2D eigenvalue weighted by Crippen LogP contribution is 2.28. The number of piperidine rings is 1. The van der Waals surface area contributed by atoms with Crippen LogP contribution in [0, 0.1) is 0 Å². The van der Waals surface area contributed by atoms with Crippen LogP contribution in [0.1, 0.15) is 48.3 Å². The van der Waals surface area contributed by atoms with Crippen molar-refractivity contribution in [3.05, 3.63) is 52.1 Å². The molecule has 1 N–H and O–H groups in total. The lowest BCUT2D eigenvalue weighted by Crippen LogP contribution is -2.36. The molecule has 0 saturated carbocycles. The van der Waals surface area contributed by atoms with Crippen LogP contribution in [0.25, 0.3) is 11.4 Å². The van der Waals surface area contributed by atoms with Crippen molar-refractivity contribution in [1.82, 2.24) is 19.9 Å². The maximum Gasteiger partial charge on any atom is 0.343 e. The fourth-order valence-electron chi connectivity index (χ4n) is 3.71. The Hall–Kier alpha value is -2.55. The van der Waals surface area contributed by atoms with Gasteiger partial charge >= 0.3 is 5.97 Å². The lowest BCUT2D eigenvalue weighted by atomic mass is 10.0. The minimum absolute atomic E-state index is 0.269. The van der Waals surface area contributed by atoms with E-state index in [1.807, 2.05) is 18.3 Å². The van der Waals surface area contributed by atoms with Crippen LogP contribution in [0.15, 0.2) is 36.7 Å². The summed E-state index contributed by atoms with van der Waals surface area (Å²) in [6.07, 6.45) is 7.15. The highest BCUT2D eigenvalue weighted by Gasteiger charge is 2.21. The quantitative estimate of drug-likeness (QED) is 0.452. The lowest BCUT2D eigenvalue weighted by molar-refractivity contribution is 0.0526. The second-order valence-corrected chi connectivity index (χ2v) is 9.31. The number of hydrogen-bond donors (Lipinski definition) is 1. The maximum absolute atomic E-state index is 12.5. The number of thiazole rings is 1. The van der Waals surface area contributed by atoms with Gasteiger partial charge in [0.05, 0.1) is 6.61 Å². The largest absolute Gasteiger partial charge is 0.462 e. The molecule has 1 aliphatic heterocycles. The van der Waals surface area contributed by atoms with E-state index in [4.69, 9.17) is 16.3 Å². The maximum atomic E-state index is 12.5. The van der Waals surface area contributed by atoms with Gasteiger partial charge < -0.3 is 10.1 Å². The van der Waals surface area contributed by atoms with Crippen molar-refractivity contribution in [2.75, 3.05) is 18.5 Å². The second kappa shape index (κ2) is 10.4. The first-order valence-electron chi connectivity index (χ1n) is 10.8.